The van der Waals surface area contributed by atoms with Crippen molar-refractivity contribution in [3.05, 3.63) is 77.4 Å². The van der Waals surface area contributed by atoms with Crippen LogP contribution in [0.2, 0.25) is 0 Å². The molecule has 1 fully saturated rings. The average molecular weight is 472 g/mol. The van der Waals surface area contributed by atoms with Gasteiger partial charge in [0.05, 0.1) is 12.2 Å². The summed E-state index contributed by atoms with van der Waals surface area (Å²) in [5.41, 5.74) is 8.87. The summed E-state index contributed by atoms with van der Waals surface area (Å²) in [6.45, 7) is 2.62. The minimum Gasteiger partial charge on any atom is -0.383 e. The fourth-order valence-electron chi connectivity index (χ4n) is 4.56. The Morgan fingerprint density at radius 3 is 2.71 bits per heavy atom. The lowest BCUT2D eigenvalue weighted by Crippen LogP contribution is -2.44. The van der Waals surface area contributed by atoms with Gasteiger partial charge in [-0.1, -0.05) is 30.0 Å². The molecule has 3 aromatic rings. The number of amides is 1. The number of methoxy groups -OCH3 is 1. The van der Waals surface area contributed by atoms with Crippen molar-refractivity contribution in [3.63, 3.8) is 0 Å². The molecule has 1 saturated carbocycles. The molecule has 0 saturated heterocycles. The van der Waals surface area contributed by atoms with Gasteiger partial charge in [-0.2, -0.15) is 0 Å². The maximum atomic E-state index is 13.8. The van der Waals surface area contributed by atoms with Gasteiger partial charge >= 0.3 is 0 Å². The summed E-state index contributed by atoms with van der Waals surface area (Å²) in [6.07, 6.45) is 3.31. The molecule has 5 rings (SSSR count). The predicted octanol–water partition coefficient (Wildman–Crippen LogP) is 3.86. The zero-order valence-electron chi connectivity index (χ0n) is 19.6. The highest BCUT2D eigenvalue weighted by molar-refractivity contribution is 6.00. The van der Waals surface area contributed by atoms with Gasteiger partial charge in [0.15, 0.2) is 0 Å². The Kier molecular flexibility index (Phi) is 5.87. The highest BCUT2D eigenvalue weighted by Crippen LogP contribution is 2.53. The van der Waals surface area contributed by atoms with Crippen LogP contribution >= 0.6 is 0 Å². The third kappa shape index (κ3) is 4.43. The van der Waals surface area contributed by atoms with E-state index in [1.54, 1.807) is 19.2 Å². The van der Waals surface area contributed by atoms with Crippen molar-refractivity contribution in [2.75, 3.05) is 23.1 Å². The smallest absolute Gasteiger partial charge is 0.235 e. The molecule has 2 aliphatic rings. The van der Waals surface area contributed by atoms with E-state index in [1.165, 1.54) is 18.5 Å². The van der Waals surface area contributed by atoms with Crippen LogP contribution in [0, 0.1) is 17.7 Å². The van der Waals surface area contributed by atoms with Crippen molar-refractivity contribution in [1.82, 2.24) is 9.97 Å². The number of aromatic nitrogens is 2. The monoisotopic (exact) mass is 471 g/mol. The first-order chi connectivity index (χ1) is 16.9. The van der Waals surface area contributed by atoms with Crippen LogP contribution in [0.3, 0.4) is 0 Å². The Bertz CT molecular complexity index is 1330. The minimum atomic E-state index is -0.719. The molecule has 178 valence electrons. The summed E-state index contributed by atoms with van der Waals surface area (Å²) in [4.78, 5) is 24.5. The van der Waals surface area contributed by atoms with Crippen molar-refractivity contribution in [3.8, 4) is 11.8 Å². The normalized spacial score (nSPS) is 19.5. The third-order valence-corrected chi connectivity index (χ3v) is 6.59. The summed E-state index contributed by atoms with van der Waals surface area (Å²) in [7, 11) is 1.64. The first-order valence-corrected chi connectivity index (χ1v) is 11.5. The van der Waals surface area contributed by atoms with E-state index < -0.39 is 12.0 Å². The van der Waals surface area contributed by atoms with Gasteiger partial charge in [0.2, 0.25) is 5.91 Å². The number of rotatable bonds is 5. The van der Waals surface area contributed by atoms with Crippen LogP contribution in [0.4, 0.5) is 21.7 Å². The number of carbonyl (C=O) groups excluding carboxylic acids is 1. The van der Waals surface area contributed by atoms with Crippen molar-refractivity contribution >= 4 is 23.2 Å². The number of hydrogen-bond acceptors (Lipinski definition) is 6. The van der Waals surface area contributed by atoms with Crippen LogP contribution in [0.1, 0.15) is 42.4 Å². The molecule has 0 radical (unpaired) electrons. The van der Waals surface area contributed by atoms with Crippen LogP contribution in [-0.4, -0.2) is 34.6 Å². The minimum absolute atomic E-state index is 0.187. The summed E-state index contributed by atoms with van der Waals surface area (Å²) in [6, 6.07) is 13.0. The van der Waals surface area contributed by atoms with Gasteiger partial charge in [0.25, 0.3) is 0 Å². The van der Waals surface area contributed by atoms with E-state index in [1.807, 2.05) is 24.3 Å². The highest BCUT2D eigenvalue weighted by Gasteiger charge is 2.55. The number of benzene rings is 2. The number of fused-ring (bicyclic) bond motifs is 1. The number of nitrogens with two attached hydrogens (primary N) is 1. The SMILES string of the molecule is COCc1ccc(NC(=O)C2c3c(N)ncnc3N(C3(C)CC3)C2C#Cc2cccc(F)c2)cc1. The van der Waals surface area contributed by atoms with Crippen LogP contribution in [0.25, 0.3) is 0 Å². The summed E-state index contributed by atoms with van der Waals surface area (Å²) in [5.74, 6) is 5.87. The molecular weight excluding hydrogens is 445 g/mol. The number of ether oxygens (including phenoxy) is 1. The number of carbonyl (C=O) groups is 1. The van der Waals surface area contributed by atoms with E-state index in [0.29, 0.717) is 29.2 Å². The Hall–Kier alpha value is -3.96. The molecule has 1 amide bonds. The zero-order chi connectivity index (χ0) is 24.6. The van der Waals surface area contributed by atoms with Crippen LogP contribution in [0.5, 0.6) is 0 Å². The Balaban J connectivity index is 1.54. The van der Waals surface area contributed by atoms with Gasteiger partial charge in [-0.15, -0.1) is 0 Å². The van der Waals surface area contributed by atoms with E-state index in [4.69, 9.17) is 10.5 Å². The van der Waals surface area contributed by atoms with E-state index in [0.717, 1.165) is 18.4 Å². The molecule has 1 aromatic heterocycles. The number of nitrogens with one attached hydrogen (secondary N) is 1. The second-order valence-electron chi connectivity index (χ2n) is 9.18. The molecule has 8 heteroatoms. The molecule has 1 aliphatic carbocycles. The third-order valence-electron chi connectivity index (χ3n) is 6.59. The molecule has 0 bridgehead atoms. The van der Waals surface area contributed by atoms with Crippen LogP contribution in [0.15, 0.2) is 54.9 Å². The number of nitrogens with zero attached hydrogens (tertiary/aromatic N) is 3. The number of nitrogen functional groups attached to an aromatic ring is 1. The van der Waals surface area contributed by atoms with Gasteiger partial charge in [-0.05, 0) is 55.7 Å². The Morgan fingerprint density at radius 2 is 2.03 bits per heavy atom. The fourth-order valence-corrected chi connectivity index (χ4v) is 4.56. The number of hydrogen-bond donors (Lipinski definition) is 2. The van der Waals surface area contributed by atoms with Gasteiger partial charge in [-0.3, -0.25) is 4.79 Å². The van der Waals surface area contributed by atoms with Crippen molar-refractivity contribution in [2.45, 2.75) is 43.9 Å². The number of halogens is 1. The highest BCUT2D eigenvalue weighted by atomic mass is 19.1. The van der Waals surface area contributed by atoms with Crippen LogP contribution in [-0.2, 0) is 16.1 Å². The predicted molar refractivity (Wildman–Crippen MR) is 132 cm³/mol. The first kappa shape index (κ1) is 22.8. The summed E-state index contributed by atoms with van der Waals surface area (Å²) in [5, 5.41) is 3.01. The van der Waals surface area contributed by atoms with Crippen LogP contribution < -0.4 is 16.0 Å². The van der Waals surface area contributed by atoms with Crippen molar-refractivity contribution in [1.29, 1.82) is 0 Å². The van der Waals surface area contributed by atoms with Gasteiger partial charge in [0, 0.05) is 23.9 Å². The molecule has 3 N–H and O–H groups in total. The lowest BCUT2D eigenvalue weighted by Gasteiger charge is -2.31. The average Bonchev–Trinajstić information content (AvgIpc) is 3.47. The Morgan fingerprint density at radius 1 is 1.26 bits per heavy atom. The fraction of sp³-hybridized carbons (Fsp3) is 0.296. The topological polar surface area (TPSA) is 93.4 Å². The van der Waals surface area contributed by atoms with Gasteiger partial charge < -0.3 is 20.7 Å². The molecule has 7 nitrogen and oxygen atoms in total. The summed E-state index contributed by atoms with van der Waals surface area (Å²) >= 11 is 0. The summed E-state index contributed by atoms with van der Waals surface area (Å²) < 4.78 is 18.9. The molecule has 1 aliphatic heterocycles. The molecule has 2 heterocycles. The van der Waals surface area contributed by atoms with E-state index >= 15 is 0 Å². The van der Waals surface area contributed by atoms with E-state index in [2.05, 4.69) is 38.9 Å². The standard InChI is InChI=1S/C27H26FN5O2/c1-27(12-13-27)33-21(11-8-17-4-3-5-19(28)14-17)22(23-24(29)30-16-31-25(23)33)26(34)32-20-9-6-18(7-10-20)15-35-2/h3-7,9-10,14,16,21-22H,12-13,15H2,1-2H3,(H,32,34)(H2,29,30,31). The molecule has 2 aromatic carbocycles. The number of anilines is 3. The quantitative estimate of drug-likeness (QED) is 0.549. The first-order valence-electron chi connectivity index (χ1n) is 11.5. The molecule has 35 heavy (non-hydrogen) atoms. The van der Waals surface area contributed by atoms with Crippen molar-refractivity contribution < 1.29 is 13.9 Å². The van der Waals surface area contributed by atoms with E-state index in [-0.39, 0.29) is 23.1 Å². The van der Waals surface area contributed by atoms with Crippen molar-refractivity contribution in [2.24, 2.45) is 0 Å². The maximum absolute atomic E-state index is 13.8. The second-order valence-corrected chi connectivity index (χ2v) is 9.18. The molecular formula is C27H26FN5O2. The largest absolute Gasteiger partial charge is 0.383 e. The maximum Gasteiger partial charge on any atom is 0.235 e. The zero-order valence-corrected chi connectivity index (χ0v) is 19.6. The Labute approximate surface area is 203 Å². The lowest BCUT2D eigenvalue weighted by molar-refractivity contribution is -0.117. The van der Waals surface area contributed by atoms with Gasteiger partial charge in [-0.25, -0.2) is 14.4 Å². The molecule has 2 unspecified atom stereocenters. The molecule has 2 atom stereocenters. The molecule has 0 spiro atoms. The second kappa shape index (κ2) is 9.01. The van der Waals surface area contributed by atoms with Gasteiger partial charge in [0.1, 0.15) is 35.7 Å². The lowest BCUT2D eigenvalue weighted by atomic mass is 9.94. The van der Waals surface area contributed by atoms with E-state index in [9.17, 15) is 9.18 Å².